The van der Waals surface area contributed by atoms with E-state index in [1.54, 1.807) is 18.9 Å². The Morgan fingerprint density at radius 3 is 1.68 bits per heavy atom. The topological polar surface area (TPSA) is 161 Å². The number of amides is 1. The predicted octanol–water partition coefficient (Wildman–Crippen LogP) is 2.89. The Bertz CT molecular complexity index is 1650. The van der Waals surface area contributed by atoms with Gasteiger partial charge in [-0.25, -0.2) is 19.6 Å². The average molecular weight is 758 g/mol. The van der Waals surface area contributed by atoms with Gasteiger partial charge >= 0.3 is 24.0 Å². The van der Waals surface area contributed by atoms with E-state index in [1.807, 2.05) is 4.90 Å². The zero-order valence-corrected chi connectivity index (χ0v) is 28.7. The number of nitrogens with one attached hydrogen (secondary N) is 1. The Morgan fingerprint density at radius 2 is 1.28 bits per heavy atom. The van der Waals surface area contributed by atoms with Crippen LogP contribution in [0, 0.1) is 0 Å². The Labute approximate surface area is 298 Å². The second-order valence-electron chi connectivity index (χ2n) is 10.9. The maximum Gasteiger partial charge on any atom is 0.471 e. The maximum absolute atomic E-state index is 12.8. The normalized spacial score (nSPS) is 17.5. The minimum absolute atomic E-state index is 0. The molecule has 50 heavy (non-hydrogen) atoms. The Hall–Kier alpha value is -3.90. The molecule has 0 aromatic carbocycles. The summed E-state index contributed by atoms with van der Waals surface area (Å²) in [7, 11) is 5.24. The van der Waals surface area contributed by atoms with Gasteiger partial charge in [-0.1, -0.05) is 51.9 Å². The third kappa shape index (κ3) is 9.45. The van der Waals surface area contributed by atoms with Gasteiger partial charge in [0.1, 0.15) is 11.6 Å². The van der Waals surface area contributed by atoms with Crippen LogP contribution >= 0.6 is 23.2 Å². The molecule has 4 heterocycles. The van der Waals surface area contributed by atoms with E-state index in [-0.39, 0.29) is 62.7 Å². The second-order valence-corrected chi connectivity index (χ2v) is 11.6. The summed E-state index contributed by atoms with van der Waals surface area (Å²) in [5.41, 5.74) is -2.04. The number of rotatable bonds is 6. The van der Waals surface area contributed by atoms with Crippen LogP contribution in [0.3, 0.4) is 0 Å². The van der Waals surface area contributed by atoms with Crippen LogP contribution in [-0.2, 0) is 28.4 Å². The molecule has 0 spiro atoms. The summed E-state index contributed by atoms with van der Waals surface area (Å²) in [6.45, 7) is 5.88. The lowest BCUT2D eigenvalue weighted by molar-refractivity contribution is -0.188. The molecule has 0 saturated carbocycles. The summed E-state index contributed by atoms with van der Waals surface area (Å²) in [4.78, 5) is 71.4. The molecule has 1 amide bonds. The molecule has 2 fully saturated rings. The third-order valence-corrected chi connectivity index (χ3v) is 8.51. The maximum atomic E-state index is 12.8. The first kappa shape index (κ1) is 44.1. The highest BCUT2D eigenvalue weighted by Gasteiger charge is 2.46. The molecule has 0 bridgehead atoms. The molecule has 0 radical (unpaired) electrons. The van der Waals surface area contributed by atoms with Crippen molar-refractivity contribution in [2.45, 2.75) is 59.8 Å². The summed E-state index contributed by atoms with van der Waals surface area (Å²) in [6.07, 6.45) is -3.70. The molecule has 2 aliphatic rings. The zero-order chi connectivity index (χ0) is 36.1. The van der Waals surface area contributed by atoms with Gasteiger partial charge < -0.3 is 29.5 Å². The van der Waals surface area contributed by atoms with Gasteiger partial charge in [0.2, 0.25) is 11.4 Å². The number of nitrogens with zero attached hydrogens (tertiary/aromatic N) is 7. The quantitative estimate of drug-likeness (QED) is 0.430. The van der Waals surface area contributed by atoms with E-state index in [2.05, 4.69) is 31.7 Å². The molecule has 0 aliphatic carbocycles. The molecule has 1 N–H and O–H groups in total. The van der Waals surface area contributed by atoms with Crippen molar-refractivity contribution in [3.8, 4) is 0 Å². The predicted molar refractivity (Wildman–Crippen MR) is 183 cm³/mol. The van der Waals surface area contributed by atoms with Crippen molar-refractivity contribution < 1.29 is 37.0 Å². The largest absolute Gasteiger partial charge is 0.471 e. The van der Waals surface area contributed by atoms with Gasteiger partial charge in [-0.15, -0.1) is 0 Å². The van der Waals surface area contributed by atoms with E-state index in [1.165, 1.54) is 18.7 Å². The number of methoxy groups -OCH3 is 2. The van der Waals surface area contributed by atoms with E-state index in [0.717, 1.165) is 42.6 Å². The number of anilines is 2. The SMILES string of the molecule is C.C.CC[C@H]1CN(c2c(Cl)nc(C(=O)OC)c(=O)n2C)CCN1.CC[C@H]1CN(c2c(Cl)nc(C(=O)OC)c(=O)n2C)CCN1C(=O)C(F)(F)F. The molecule has 15 nitrogen and oxygen atoms in total. The van der Waals surface area contributed by atoms with Crippen molar-refractivity contribution in [2.75, 3.05) is 63.3 Å². The van der Waals surface area contributed by atoms with Crippen LogP contribution in [0.25, 0.3) is 0 Å². The van der Waals surface area contributed by atoms with Crippen LogP contribution in [0.2, 0.25) is 10.3 Å². The molecule has 2 aromatic rings. The number of ether oxygens (including phenoxy) is 2. The van der Waals surface area contributed by atoms with Crippen molar-refractivity contribution in [3.63, 3.8) is 0 Å². The van der Waals surface area contributed by atoms with Crippen LogP contribution in [0.4, 0.5) is 24.8 Å². The smallest absolute Gasteiger partial charge is 0.464 e. The number of hydrogen-bond acceptors (Lipinski definition) is 12. The van der Waals surface area contributed by atoms with E-state index >= 15 is 0 Å². The molecule has 2 aliphatic heterocycles. The number of hydrogen-bond donors (Lipinski definition) is 1. The van der Waals surface area contributed by atoms with Crippen molar-refractivity contribution >= 4 is 52.7 Å². The van der Waals surface area contributed by atoms with Gasteiger partial charge in [-0.2, -0.15) is 13.2 Å². The standard InChI is InChI=1S/C15H18ClF3N4O4.C13H19ClN4O3.2CH4/c1-4-8-7-22(5-6-23(8)14(26)15(17,18)19)11-10(16)20-9(13(25)27-3)12(24)21(11)2;1-4-8-7-18(6-5-15-8)11-10(14)16-9(13(20)21-3)12(19)17(11)2;;/h8H,4-7H2,1-3H3;8,15H,4-7H2,1-3H3;2*1H4/t2*8-;;/m00../s1. The van der Waals surface area contributed by atoms with Crippen LogP contribution in [0.1, 0.15) is 62.5 Å². The monoisotopic (exact) mass is 756 g/mol. The van der Waals surface area contributed by atoms with E-state index in [9.17, 15) is 37.1 Å². The summed E-state index contributed by atoms with van der Waals surface area (Å²) in [6, 6.07) is -0.385. The summed E-state index contributed by atoms with van der Waals surface area (Å²) >= 11 is 12.3. The summed E-state index contributed by atoms with van der Waals surface area (Å²) < 4.78 is 49.8. The van der Waals surface area contributed by atoms with Gasteiger partial charge in [0.15, 0.2) is 10.3 Å². The third-order valence-electron chi connectivity index (χ3n) is 8.00. The Balaban J connectivity index is 0.000000494. The van der Waals surface area contributed by atoms with Gasteiger partial charge in [0, 0.05) is 65.4 Å². The van der Waals surface area contributed by atoms with Crippen LogP contribution in [-0.4, -0.2) is 114 Å². The highest BCUT2D eigenvalue weighted by Crippen LogP contribution is 2.28. The van der Waals surface area contributed by atoms with Gasteiger partial charge in [-0.05, 0) is 12.8 Å². The summed E-state index contributed by atoms with van der Waals surface area (Å²) in [5.74, 6) is -2.93. The second kappa shape index (κ2) is 18.4. The van der Waals surface area contributed by atoms with Crippen molar-refractivity contribution in [1.82, 2.24) is 29.3 Å². The number of piperazine rings is 2. The fourth-order valence-corrected chi connectivity index (χ4v) is 6.10. The Kier molecular flexibility index (Phi) is 16.2. The lowest BCUT2D eigenvalue weighted by atomic mass is 10.1. The molecule has 0 unspecified atom stereocenters. The molecular formula is C30H45Cl2F3N8O7. The number of aromatic nitrogens is 4. The van der Waals surface area contributed by atoms with Crippen molar-refractivity contribution in [2.24, 2.45) is 14.1 Å². The van der Waals surface area contributed by atoms with E-state index in [0.29, 0.717) is 11.9 Å². The summed E-state index contributed by atoms with van der Waals surface area (Å²) in [5, 5.41) is 3.36. The van der Waals surface area contributed by atoms with Crippen LogP contribution in [0.5, 0.6) is 0 Å². The fraction of sp³-hybridized carbons (Fsp3) is 0.633. The van der Waals surface area contributed by atoms with Crippen LogP contribution in [0.15, 0.2) is 9.59 Å². The number of carbonyl (C=O) groups is 3. The molecule has 2 aromatic heterocycles. The lowest BCUT2D eigenvalue weighted by Crippen LogP contribution is -2.58. The van der Waals surface area contributed by atoms with Crippen molar-refractivity contribution in [1.29, 1.82) is 0 Å². The number of alkyl halides is 3. The zero-order valence-electron chi connectivity index (χ0n) is 27.2. The Morgan fingerprint density at radius 1 is 0.820 bits per heavy atom. The molecule has 282 valence electrons. The molecule has 2 saturated heterocycles. The lowest BCUT2D eigenvalue weighted by Gasteiger charge is -2.42. The first-order valence-electron chi connectivity index (χ1n) is 14.8. The fourth-order valence-electron chi connectivity index (χ4n) is 5.44. The van der Waals surface area contributed by atoms with Crippen molar-refractivity contribution in [3.05, 3.63) is 42.4 Å². The van der Waals surface area contributed by atoms with E-state index in [4.69, 9.17) is 23.2 Å². The van der Waals surface area contributed by atoms with Gasteiger partial charge in [0.05, 0.1) is 14.2 Å². The molecule has 20 heteroatoms. The average Bonchev–Trinajstić information content (AvgIpc) is 3.06. The number of carbonyl (C=O) groups excluding carboxylic acids is 3. The molecule has 2 atom stereocenters. The minimum atomic E-state index is -4.95. The van der Waals surface area contributed by atoms with E-state index < -0.39 is 46.9 Å². The number of halogens is 5. The first-order valence-corrected chi connectivity index (χ1v) is 15.6. The minimum Gasteiger partial charge on any atom is -0.464 e. The number of esters is 2. The first-order chi connectivity index (χ1) is 22.5. The van der Waals surface area contributed by atoms with Gasteiger partial charge in [0.25, 0.3) is 11.1 Å². The van der Waals surface area contributed by atoms with Crippen LogP contribution < -0.4 is 26.2 Å². The van der Waals surface area contributed by atoms with Gasteiger partial charge in [-0.3, -0.25) is 23.5 Å². The highest BCUT2D eigenvalue weighted by atomic mass is 35.5. The highest BCUT2D eigenvalue weighted by molar-refractivity contribution is 6.32. The molecular weight excluding hydrogens is 712 g/mol. The molecule has 4 rings (SSSR count).